The van der Waals surface area contributed by atoms with Crippen LogP contribution in [0.3, 0.4) is 0 Å². The second-order valence-electron chi connectivity index (χ2n) is 11.0. The van der Waals surface area contributed by atoms with E-state index in [1.807, 2.05) is 20.8 Å². The van der Waals surface area contributed by atoms with Crippen molar-refractivity contribution < 1.29 is 18.0 Å². The molecule has 3 aromatic rings. The third-order valence-electron chi connectivity index (χ3n) is 7.03. The Balaban J connectivity index is 1.36. The molecule has 1 amide bonds. The topological polar surface area (TPSA) is 79.5 Å². The first-order valence-corrected chi connectivity index (χ1v) is 13.2. The summed E-state index contributed by atoms with van der Waals surface area (Å²) in [7, 11) is 2.10. The summed E-state index contributed by atoms with van der Waals surface area (Å²) in [6.07, 6.45) is 8.13. The van der Waals surface area contributed by atoms with Crippen molar-refractivity contribution in [2.24, 2.45) is 5.92 Å². The van der Waals surface area contributed by atoms with Gasteiger partial charge in [0, 0.05) is 49.0 Å². The highest BCUT2D eigenvalue weighted by atomic mass is 32.2. The van der Waals surface area contributed by atoms with Gasteiger partial charge in [0.25, 0.3) is 5.91 Å². The summed E-state index contributed by atoms with van der Waals surface area (Å²) >= 11 is -0.206. The number of hydrogen-bond donors (Lipinski definition) is 2. The molecular formula is C26H30F3N7OS. The van der Waals surface area contributed by atoms with E-state index in [4.69, 9.17) is 0 Å². The van der Waals surface area contributed by atoms with Crippen LogP contribution in [0, 0.1) is 17.8 Å². The molecule has 1 saturated carbocycles. The number of likely N-dealkylation sites (tertiary alicyclic amines) is 1. The van der Waals surface area contributed by atoms with Gasteiger partial charge in [-0.15, -0.1) is 0 Å². The van der Waals surface area contributed by atoms with Gasteiger partial charge in [-0.3, -0.25) is 9.48 Å². The van der Waals surface area contributed by atoms with Gasteiger partial charge in [-0.05, 0) is 52.6 Å². The molecule has 0 spiro atoms. The van der Waals surface area contributed by atoms with E-state index in [0.717, 1.165) is 25.9 Å². The van der Waals surface area contributed by atoms with Crippen molar-refractivity contribution in [2.75, 3.05) is 32.0 Å². The van der Waals surface area contributed by atoms with Crippen LogP contribution in [0.25, 0.3) is 5.52 Å². The normalized spacial score (nSPS) is 21.5. The molecule has 2 atom stereocenters. The van der Waals surface area contributed by atoms with E-state index in [1.165, 1.54) is 23.0 Å². The van der Waals surface area contributed by atoms with Gasteiger partial charge in [-0.2, -0.15) is 18.3 Å². The van der Waals surface area contributed by atoms with Crippen LogP contribution >= 0.6 is 11.8 Å². The molecular weight excluding hydrogens is 515 g/mol. The lowest BCUT2D eigenvalue weighted by Gasteiger charge is -2.30. The van der Waals surface area contributed by atoms with E-state index in [0.29, 0.717) is 22.8 Å². The van der Waals surface area contributed by atoms with Gasteiger partial charge in [0.2, 0.25) is 0 Å². The van der Waals surface area contributed by atoms with E-state index >= 15 is 0 Å². The highest BCUT2D eigenvalue weighted by Gasteiger charge is 2.56. The zero-order valence-corrected chi connectivity index (χ0v) is 22.5. The minimum absolute atomic E-state index is 0.0243. The third kappa shape index (κ3) is 5.49. The Hall–Kier alpha value is -3.17. The number of anilines is 1. The van der Waals surface area contributed by atoms with Crippen molar-refractivity contribution in [1.29, 1.82) is 0 Å². The fourth-order valence-corrected chi connectivity index (χ4v) is 5.58. The van der Waals surface area contributed by atoms with Crippen molar-refractivity contribution in [2.45, 2.75) is 55.2 Å². The minimum atomic E-state index is -4.49. The quantitative estimate of drug-likeness (QED) is 0.370. The Morgan fingerprint density at radius 3 is 2.79 bits per heavy atom. The molecule has 12 heteroatoms. The zero-order valence-electron chi connectivity index (χ0n) is 21.7. The number of carbonyl (C=O) groups excluding carboxylic acids is 1. The van der Waals surface area contributed by atoms with E-state index in [-0.39, 0.29) is 45.9 Å². The van der Waals surface area contributed by atoms with Gasteiger partial charge in [0.1, 0.15) is 5.03 Å². The summed E-state index contributed by atoms with van der Waals surface area (Å²) in [5, 5.41) is 10.4. The van der Waals surface area contributed by atoms with Gasteiger partial charge in [-0.25, -0.2) is 4.98 Å². The summed E-state index contributed by atoms with van der Waals surface area (Å²) in [4.78, 5) is 19.2. The number of rotatable bonds is 5. The van der Waals surface area contributed by atoms with Crippen LogP contribution < -0.4 is 10.6 Å². The zero-order chi connectivity index (χ0) is 27.3. The van der Waals surface area contributed by atoms with E-state index in [9.17, 15) is 18.0 Å². The van der Waals surface area contributed by atoms with Gasteiger partial charge < -0.3 is 19.9 Å². The molecule has 1 saturated heterocycles. The summed E-state index contributed by atoms with van der Waals surface area (Å²) in [5.74, 6) is 6.33. The van der Waals surface area contributed by atoms with Crippen molar-refractivity contribution in [3.05, 3.63) is 42.0 Å². The number of thioether (sulfide) groups is 1. The Morgan fingerprint density at radius 2 is 2.11 bits per heavy atom. The molecule has 8 nitrogen and oxygen atoms in total. The van der Waals surface area contributed by atoms with Gasteiger partial charge in [-0.1, -0.05) is 11.8 Å². The first kappa shape index (κ1) is 26.4. The number of halogens is 3. The van der Waals surface area contributed by atoms with Gasteiger partial charge in [0.15, 0.2) is 5.82 Å². The second kappa shape index (κ2) is 9.54. The summed E-state index contributed by atoms with van der Waals surface area (Å²) < 4.78 is 43.6. The largest absolute Gasteiger partial charge is 0.447 e. The molecule has 202 valence electrons. The average Bonchev–Trinajstić information content (AvgIpc) is 3.15. The molecule has 2 aliphatic rings. The minimum Gasteiger partial charge on any atom is -0.363 e. The highest BCUT2D eigenvalue weighted by Crippen LogP contribution is 2.51. The Labute approximate surface area is 223 Å². The predicted octanol–water partition coefficient (Wildman–Crippen LogP) is 4.19. The van der Waals surface area contributed by atoms with Crippen LogP contribution in [0.2, 0.25) is 0 Å². The monoisotopic (exact) mass is 545 g/mol. The third-order valence-corrected chi connectivity index (χ3v) is 7.87. The number of hydrogen-bond acceptors (Lipinski definition) is 6. The van der Waals surface area contributed by atoms with Crippen molar-refractivity contribution in [1.82, 2.24) is 29.4 Å². The number of nitrogens with one attached hydrogen (secondary N) is 2. The Bertz CT molecular complexity index is 1430. The molecule has 3 aromatic heterocycles. The van der Waals surface area contributed by atoms with Gasteiger partial charge >= 0.3 is 5.51 Å². The SMILES string of the molecule is CN1CC[C@]2(Nc3nccn4c(SC(F)(F)F)c(C#CCNC(=O)c5cnn(C(C)(C)C)c5)cc34)C[C@@H]2C1. The Kier molecular flexibility index (Phi) is 6.64. The molecule has 2 fully saturated rings. The van der Waals surface area contributed by atoms with Gasteiger partial charge in [0.05, 0.1) is 34.9 Å². The lowest BCUT2D eigenvalue weighted by Crippen LogP contribution is -2.39. The van der Waals surface area contributed by atoms with E-state index in [2.05, 4.69) is 44.5 Å². The van der Waals surface area contributed by atoms with E-state index < -0.39 is 5.51 Å². The summed E-state index contributed by atoms with van der Waals surface area (Å²) in [5.41, 5.74) is -3.65. The summed E-state index contributed by atoms with van der Waals surface area (Å²) in [6.45, 7) is 7.84. The molecule has 0 bridgehead atoms. The maximum atomic E-state index is 13.5. The lowest BCUT2D eigenvalue weighted by molar-refractivity contribution is -0.0329. The molecule has 4 heterocycles. The van der Waals surface area contributed by atoms with Crippen molar-refractivity contribution in [3.63, 3.8) is 0 Å². The molecule has 2 N–H and O–H groups in total. The smallest absolute Gasteiger partial charge is 0.363 e. The van der Waals surface area contributed by atoms with Crippen LogP contribution in [0.15, 0.2) is 35.9 Å². The number of nitrogens with zero attached hydrogens (tertiary/aromatic N) is 5. The molecule has 0 unspecified atom stereocenters. The van der Waals surface area contributed by atoms with E-state index in [1.54, 1.807) is 16.9 Å². The van der Waals surface area contributed by atoms with Crippen LogP contribution in [0.4, 0.5) is 19.0 Å². The van der Waals surface area contributed by atoms with Crippen LogP contribution in [-0.2, 0) is 5.54 Å². The Morgan fingerprint density at radius 1 is 1.32 bits per heavy atom. The number of fused-ring (bicyclic) bond motifs is 2. The fourth-order valence-electron chi connectivity index (χ4n) is 4.89. The average molecular weight is 546 g/mol. The maximum absolute atomic E-state index is 13.5. The molecule has 1 aliphatic heterocycles. The first-order valence-electron chi connectivity index (χ1n) is 12.4. The number of alkyl halides is 3. The first-order chi connectivity index (χ1) is 17.8. The number of aromatic nitrogens is 4. The predicted molar refractivity (Wildman–Crippen MR) is 140 cm³/mol. The van der Waals surface area contributed by atoms with Crippen molar-refractivity contribution in [3.8, 4) is 11.8 Å². The molecule has 0 aromatic carbocycles. The molecule has 1 aliphatic carbocycles. The van der Waals surface area contributed by atoms with Crippen LogP contribution in [0.1, 0.15) is 49.5 Å². The molecule has 38 heavy (non-hydrogen) atoms. The lowest BCUT2D eigenvalue weighted by atomic mass is 10.1. The fraction of sp³-hybridized carbons (Fsp3) is 0.500. The highest BCUT2D eigenvalue weighted by molar-refractivity contribution is 8.00. The maximum Gasteiger partial charge on any atom is 0.447 e. The number of carbonyl (C=O) groups is 1. The summed E-state index contributed by atoms with van der Waals surface area (Å²) in [6, 6.07) is 1.63. The molecule has 5 rings (SSSR count). The van der Waals surface area contributed by atoms with Crippen LogP contribution in [0.5, 0.6) is 0 Å². The molecule has 0 radical (unpaired) electrons. The van der Waals surface area contributed by atoms with Crippen LogP contribution in [-0.4, -0.2) is 67.7 Å². The number of amides is 1. The second-order valence-corrected chi connectivity index (χ2v) is 12.0. The number of piperidine rings is 1. The standard InChI is InChI=1S/C26H30F3N7OS/c1-24(2,3)36-15-18(14-32-36)22(37)31-8-5-6-17-12-20-21(33-25-7-10-34(4)16-19(25)13-25)30-9-11-35(20)23(17)38-26(27,28)29/h9,11-12,14-15,19H,7-8,10,13,16H2,1-4H3,(H,30,33)(H,31,37)/t19-,25+/m1/s1. The van der Waals surface area contributed by atoms with Crippen molar-refractivity contribution >= 4 is 29.0 Å².